The smallest absolute Gasteiger partial charge is 0.458 e. The van der Waals surface area contributed by atoms with Crippen LogP contribution in [0, 0.1) is 34.5 Å². The molecular formula is C24H31F3O7S. The fraction of sp³-hybridized carbons (Fsp3) is 0.792. The van der Waals surface area contributed by atoms with Gasteiger partial charge in [-0.15, -0.1) is 0 Å². The van der Waals surface area contributed by atoms with Crippen molar-refractivity contribution in [2.75, 3.05) is 13.2 Å². The van der Waals surface area contributed by atoms with Crippen LogP contribution in [0.1, 0.15) is 65.2 Å². The van der Waals surface area contributed by atoms with Crippen LogP contribution in [-0.4, -0.2) is 44.7 Å². The average Bonchev–Trinajstić information content (AvgIpc) is 3.12. The third-order valence-corrected chi connectivity index (χ3v) is 10.2. The van der Waals surface area contributed by atoms with E-state index in [1.807, 2.05) is 0 Å². The Labute approximate surface area is 202 Å². The van der Waals surface area contributed by atoms with Crippen molar-refractivity contribution >= 4 is 27.7 Å². The Balaban J connectivity index is 1.62. The highest BCUT2D eigenvalue weighted by Crippen LogP contribution is 2.67. The van der Waals surface area contributed by atoms with Gasteiger partial charge in [-0.3, -0.25) is 18.6 Å². The number of Topliss-reactive ketones (excluding diaryl/α,β-unsaturated/α-hetero) is 1. The van der Waals surface area contributed by atoms with Crippen molar-refractivity contribution in [3.63, 3.8) is 0 Å². The molecular weight excluding hydrogens is 489 g/mol. The van der Waals surface area contributed by atoms with Crippen LogP contribution in [0.3, 0.4) is 0 Å². The topological polar surface area (TPSA) is 104 Å². The molecule has 0 amide bonds. The van der Waals surface area contributed by atoms with Crippen molar-refractivity contribution in [1.82, 2.24) is 0 Å². The van der Waals surface area contributed by atoms with Crippen LogP contribution in [0.4, 0.5) is 13.2 Å². The first-order valence-corrected chi connectivity index (χ1v) is 13.5. The monoisotopic (exact) mass is 520 g/mol. The molecule has 0 aromatic heterocycles. The van der Waals surface area contributed by atoms with Crippen LogP contribution in [0.15, 0.2) is 11.6 Å². The third kappa shape index (κ3) is 4.47. The van der Waals surface area contributed by atoms with E-state index in [1.54, 1.807) is 0 Å². The number of hydrogen-bond acceptors (Lipinski definition) is 7. The number of hydrogen-bond donors (Lipinski definition) is 0. The molecule has 0 radical (unpaired) electrons. The predicted molar refractivity (Wildman–Crippen MR) is 117 cm³/mol. The Morgan fingerprint density at radius 3 is 2.46 bits per heavy atom. The number of alkyl halides is 3. The molecule has 0 aliphatic heterocycles. The van der Waals surface area contributed by atoms with Gasteiger partial charge in [-0.05, 0) is 74.2 Å². The molecule has 0 aromatic carbocycles. The molecule has 196 valence electrons. The minimum Gasteiger partial charge on any atom is -0.458 e. The SMILES string of the molecule is CC(=O)OCC(=O)[C@H]1CC[C@H]2[C@@H]3CCC4=CC(=O)CC[C@]4(COS(=O)(=O)C(F)(F)F)[C@H]3CC[C@]12C. The minimum absolute atomic E-state index is 0.0721. The van der Waals surface area contributed by atoms with E-state index in [0.29, 0.717) is 31.3 Å². The highest BCUT2D eigenvalue weighted by atomic mass is 32.2. The molecule has 7 nitrogen and oxygen atoms in total. The summed E-state index contributed by atoms with van der Waals surface area (Å²) in [7, 11) is -5.77. The largest absolute Gasteiger partial charge is 0.523 e. The zero-order chi connectivity index (χ0) is 25.8. The van der Waals surface area contributed by atoms with Gasteiger partial charge in [-0.2, -0.15) is 21.6 Å². The molecule has 4 aliphatic rings. The zero-order valence-electron chi connectivity index (χ0n) is 19.9. The van der Waals surface area contributed by atoms with Gasteiger partial charge in [0.25, 0.3) is 0 Å². The van der Waals surface area contributed by atoms with E-state index >= 15 is 0 Å². The highest BCUT2D eigenvalue weighted by molar-refractivity contribution is 7.87. The number of ether oxygens (including phenoxy) is 1. The standard InChI is InChI=1S/C24H31F3O7S/c1-14(28)33-12-21(30)20-6-5-18-17-4-3-15-11-16(29)7-10-23(15,19(17)8-9-22(18,20)2)13-34-35(31,32)24(25,26)27/h11,17-20H,3-10,12-13H2,1-2H3/t17-,18-,19-,20+,22-,23+/m0/s1. The van der Waals surface area contributed by atoms with Gasteiger partial charge in [0.15, 0.2) is 11.6 Å². The maximum atomic E-state index is 13.0. The summed E-state index contributed by atoms with van der Waals surface area (Å²) in [6.45, 7) is 2.43. The molecule has 0 saturated heterocycles. The number of esters is 1. The summed E-state index contributed by atoms with van der Waals surface area (Å²) < 4.78 is 72.1. The average molecular weight is 521 g/mol. The first kappa shape index (κ1) is 26.3. The second kappa shape index (κ2) is 8.97. The second-order valence-corrected chi connectivity index (χ2v) is 12.4. The van der Waals surface area contributed by atoms with Gasteiger partial charge in [-0.25, -0.2) is 0 Å². The number of halogens is 3. The van der Waals surface area contributed by atoms with Gasteiger partial charge in [0.2, 0.25) is 0 Å². The van der Waals surface area contributed by atoms with Crippen molar-refractivity contribution < 1.29 is 44.9 Å². The van der Waals surface area contributed by atoms with E-state index in [1.165, 1.54) is 13.0 Å². The second-order valence-electron chi connectivity index (χ2n) is 10.8. The van der Waals surface area contributed by atoms with E-state index < -0.39 is 33.6 Å². The van der Waals surface area contributed by atoms with E-state index in [9.17, 15) is 36.0 Å². The summed E-state index contributed by atoms with van der Waals surface area (Å²) >= 11 is 0. The lowest BCUT2D eigenvalue weighted by molar-refractivity contribution is -0.149. The fourth-order valence-corrected chi connectivity index (χ4v) is 8.18. The molecule has 0 unspecified atom stereocenters. The van der Waals surface area contributed by atoms with Gasteiger partial charge in [-0.1, -0.05) is 12.5 Å². The number of ketones is 2. The quantitative estimate of drug-likeness (QED) is 0.295. The van der Waals surface area contributed by atoms with Gasteiger partial charge in [0, 0.05) is 24.7 Å². The predicted octanol–water partition coefficient (Wildman–Crippen LogP) is 4.11. The summed E-state index contributed by atoms with van der Waals surface area (Å²) in [5.74, 6) is -0.945. The van der Waals surface area contributed by atoms with Gasteiger partial charge in [0.1, 0.15) is 6.61 Å². The molecule has 4 rings (SSSR count). The Morgan fingerprint density at radius 1 is 1.09 bits per heavy atom. The Hall–Kier alpha value is -1.75. The number of carbonyl (C=O) groups is 3. The molecule has 3 fully saturated rings. The van der Waals surface area contributed by atoms with Crippen molar-refractivity contribution in [1.29, 1.82) is 0 Å². The van der Waals surface area contributed by atoms with Crippen LogP contribution < -0.4 is 0 Å². The van der Waals surface area contributed by atoms with Gasteiger partial charge < -0.3 is 4.74 Å². The van der Waals surface area contributed by atoms with Crippen LogP contribution in [0.5, 0.6) is 0 Å². The Bertz CT molecular complexity index is 1050. The number of fused-ring (bicyclic) bond motifs is 5. The number of carbonyl (C=O) groups excluding carboxylic acids is 3. The van der Waals surface area contributed by atoms with Crippen molar-refractivity contribution in [2.24, 2.45) is 34.5 Å². The lowest BCUT2D eigenvalue weighted by atomic mass is 9.46. The fourth-order valence-electron chi connectivity index (χ4n) is 7.68. The lowest BCUT2D eigenvalue weighted by Gasteiger charge is -2.58. The van der Waals surface area contributed by atoms with Crippen molar-refractivity contribution in [2.45, 2.75) is 70.7 Å². The molecule has 0 N–H and O–H groups in total. The summed E-state index contributed by atoms with van der Waals surface area (Å²) in [6, 6.07) is 0. The lowest BCUT2D eigenvalue weighted by Crippen LogP contribution is -2.54. The first-order chi connectivity index (χ1) is 16.2. The zero-order valence-corrected chi connectivity index (χ0v) is 20.7. The van der Waals surface area contributed by atoms with Gasteiger partial charge in [0.05, 0.1) is 6.61 Å². The molecule has 0 bridgehead atoms. The summed E-state index contributed by atoms with van der Waals surface area (Å²) in [5, 5.41) is 0. The van der Waals surface area contributed by atoms with Crippen LogP contribution in [0.2, 0.25) is 0 Å². The van der Waals surface area contributed by atoms with E-state index in [2.05, 4.69) is 11.1 Å². The molecule has 35 heavy (non-hydrogen) atoms. The molecule has 0 aromatic rings. The third-order valence-electron chi connectivity index (χ3n) is 9.25. The first-order valence-electron chi connectivity index (χ1n) is 12.1. The molecule has 0 spiro atoms. The molecule has 4 aliphatic carbocycles. The molecule has 0 heterocycles. The highest BCUT2D eigenvalue weighted by Gasteiger charge is 2.62. The Kier molecular flexibility index (Phi) is 6.75. The summed E-state index contributed by atoms with van der Waals surface area (Å²) in [4.78, 5) is 36.2. The minimum atomic E-state index is -5.77. The van der Waals surface area contributed by atoms with E-state index in [0.717, 1.165) is 12.8 Å². The maximum Gasteiger partial charge on any atom is 0.523 e. The molecule has 3 saturated carbocycles. The maximum absolute atomic E-state index is 13.0. The van der Waals surface area contributed by atoms with E-state index in [-0.39, 0.29) is 60.1 Å². The normalized spacial score (nSPS) is 37.1. The molecule has 6 atom stereocenters. The summed E-state index contributed by atoms with van der Waals surface area (Å²) in [5.41, 5.74) is -6.10. The van der Waals surface area contributed by atoms with Crippen LogP contribution in [0.25, 0.3) is 0 Å². The van der Waals surface area contributed by atoms with E-state index in [4.69, 9.17) is 4.74 Å². The Morgan fingerprint density at radius 2 is 1.80 bits per heavy atom. The van der Waals surface area contributed by atoms with Crippen molar-refractivity contribution in [3.8, 4) is 0 Å². The number of rotatable bonds is 6. The van der Waals surface area contributed by atoms with Crippen LogP contribution >= 0.6 is 0 Å². The van der Waals surface area contributed by atoms with Crippen LogP contribution in [-0.2, 0) is 33.4 Å². The molecule has 11 heteroatoms. The van der Waals surface area contributed by atoms with Crippen molar-refractivity contribution in [3.05, 3.63) is 11.6 Å². The van der Waals surface area contributed by atoms with Gasteiger partial charge >= 0.3 is 21.6 Å². The summed E-state index contributed by atoms with van der Waals surface area (Å²) in [6.07, 6.45) is 5.74.